The van der Waals surface area contributed by atoms with E-state index in [2.05, 4.69) is 61.0 Å². The number of halogens is 1. The van der Waals surface area contributed by atoms with E-state index in [4.69, 9.17) is 9.72 Å². The molecular formula is C22H23BrN4O. The van der Waals surface area contributed by atoms with Crippen LogP contribution in [0.15, 0.2) is 71.5 Å². The van der Waals surface area contributed by atoms with Crippen molar-refractivity contribution in [1.82, 2.24) is 14.9 Å². The number of anilines is 1. The van der Waals surface area contributed by atoms with E-state index in [1.54, 1.807) is 12.4 Å². The molecule has 0 N–H and O–H groups in total. The van der Waals surface area contributed by atoms with E-state index in [1.165, 1.54) is 10.0 Å². The van der Waals surface area contributed by atoms with Crippen LogP contribution in [0.1, 0.15) is 11.1 Å². The molecule has 2 aromatic heterocycles. The molecule has 3 heterocycles. The Balaban J connectivity index is 1.32. The quantitative estimate of drug-likeness (QED) is 0.578. The van der Waals surface area contributed by atoms with Crippen molar-refractivity contribution in [3.05, 3.63) is 82.6 Å². The predicted octanol–water partition coefficient (Wildman–Crippen LogP) is 4.14. The fourth-order valence-electron chi connectivity index (χ4n) is 3.30. The standard InChI is InChI=1S/C22H23BrN4O/c23-20-5-2-1-4-19(20)16-26-12-14-27(15-13-26)21-6-3-7-22(25-21)28-17-18-8-10-24-11-9-18/h1-11H,12-17H2. The molecule has 0 atom stereocenters. The molecule has 0 unspecified atom stereocenters. The van der Waals surface area contributed by atoms with Gasteiger partial charge in [0.1, 0.15) is 12.4 Å². The van der Waals surface area contributed by atoms with Gasteiger partial charge in [-0.2, -0.15) is 4.98 Å². The number of nitrogens with zero attached hydrogens (tertiary/aromatic N) is 4. The van der Waals surface area contributed by atoms with Crippen LogP contribution in [-0.2, 0) is 13.2 Å². The van der Waals surface area contributed by atoms with Gasteiger partial charge < -0.3 is 9.64 Å². The van der Waals surface area contributed by atoms with Crippen molar-refractivity contribution in [3.8, 4) is 5.88 Å². The van der Waals surface area contributed by atoms with E-state index in [0.29, 0.717) is 12.5 Å². The first-order valence-electron chi connectivity index (χ1n) is 9.47. The molecule has 144 valence electrons. The summed E-state index contributed by atoms with van der Waals surface area (Å²) in [5.41, 5.74) is 2.42. The minimum atomic E-state index is 0.499. The fraction of sp³-hybridized carbons (Fsp3) is 0.273. The van der Waals surface area contributed by atoms with Gasteiger partial charge in [0, 0.05) is 55.7 Å². The third kappa shape index (κ3) is 4.88. The van der Waals surface area contributed by atoms with Gasteiger partial charge in [-0.25, -0.2) is 0 Å². The molecule has 0 bridgehead atoms. The SMILES string of the molecule is Brc1ccccc1CN1CCN(c2cccc(OCc3ccncc3)n2)CC1. The van der Waals surface area contributed by atoms with Crippen molar-refractivity contribution in [2.45, 2.75) is 13.2 Å². The molecule has 0 amide bonds. The number of benzene rings is 1. The predicted molar refractivity (Wildman–Crippen MR) is 114 cm³/mol. The van der Waals surface area contributed by atoms with E-state index < -0.39 is 0 Å². The zero-order valence-electron chi connectivity index (χ0n) is 15.7. The summed E-state index contributed by atoms with van der Waals surface area (Å²) in [6.07, 6.45) is 3.55. The molecule has 3 aromatic rings. The Morgan fingerprint density at radius 3 is 2.46 bits per heavy atom. The molecule has 0 radical (unpaired) electrons. The second-order valence-corrected chi connectivity index (χ2v) is 7.69. The maximum atomic E-state index is 5.86. The Bertz CT molecular complexity index is 898. The van der Waals surface area contributed by atoms with Crippen LogP contribution in [0.5, 0.6) is 5.88 Å². The van der Waals surface area contributed by atoms with Crippen LogP contribution in [0, 0.1) is 0 Å². The average Bonchev–Trinajstić information content (AvgIpc) is 2.75. The maximum Gasteiger partial charge on any atom is 0.215 e. The van der Waals surface area contributed by atoms with E-state index in [9.17, 15) is 0 Å². The lowest BCUT2D eigenvalue weighted by molar-refractivity contribution is 0.248. The Hall–Kier alpha value is -2.44. The molecule has 5 nitrogen and oxygen atoms in total. The van der Waals surface area contributed by atoms with Crippen LogP contribution in [0.25, 0.3) is 0 Å². The summed E-state index contributed by atoms with van der Waals surface area (Å²) in [7, 11) is 0. The molecule has 0 aliphatic carbocycles. The van der Waals surface area contributed by atoms with E-state index >= 15 is 0 Å². The molecule has 1 saturated heterocycles. The molecule has 1 aliphatic heterocycles. The smallest absolute Gasteiger partial charge is 0.215 e. The summed E-state index contributed by atoms with van der Waals surface area (Å²) in [5.74, 6) is 1.64. The largest absolute Gasteiger partial charge is 0.473 e. The second-order valence-electron chi connectivity index (χ2n) is 6.83. The van der Waals surface area contributed by atoms with E-state index in [-0.39, 0.29) is 0 Å². The highest BCUT2D eigenvalue weighted by Gasteiger charge is 2.19. The zero-order chi connectivity index (χ0) is 19.2. The van der Waals surface area contributed by atoms with Crippen LogP contribution in [0.2, 0.25) is 0 Å². The van der Waals surface area contributed by atoms with Crippen molar-refractivity contribution in [1.29, 1.82) is 0 Å². The minimum absolute atomic E-state index is 0.499. The lowest BCUT2D eigenvalue weighted by Gasteiger charge is -2.35. The molecule has 4 rings (SSSR count). The van der Waals surface area contributed by atoms with Crippen molar-refractivity contribution in [2.24, 2.45) is 0 Å². The highest BCUT2D eigenvalue weighted by Crippen LogP contribution is 2.21. The zero-order valence-corrected chi connectivity index (χ0v) is 17.3. The van der Waals surface area contributed by atoms with Gasteiger partial charge in [0.25, 0.3) is 0 Å². The van der Waals surface area contributed by atoms with Gasteiger partial charge in [-0.15, -0.1) is 0 Å². The van der Waals surface area contributed by atoms with Gasteiger partial charge >= 0.3 is 0 Å². The van der Waals surface area contributed by atoms with E-state index in [0.717, 1.165) is 44.1 Å². The number of rotatable bonds is 6. The summed E-state index contributed by atoms with van der Waals surface area (Å²) >= 11 is 3.65. The fourth-order valence-corrected chi connectivity index (χ4v) is 3.71. The van der Waals surface area contributed by atoms with Crippen LogP contribution in [-0.4, -0.2) is 41.0 Å². The van der Waals surface area contributed by atoms with Crippen LogP contribution in [0.4, 0.5) is 5.82 Å². The third-order valence-corrected chi connectivity index (χ3v) is 5.67. The molecule has 0 saturated carbocycles. The molecule has 1 aliphatic rings. The molecule has 0 spiro atoms. The summed E-state index contributed by atoms with van der Waals surface area (Å²) in [6, 6.07) is 18.3. The van der Waals surface area contributed by atoms with Crippen molar-refractivity contribution in [3.63, 3.8) is 0 Å². The molecule has 6 heteroatoms. The molecule has 28 heavy (non-hydrogen) atoms. The number of aromatic nitrogens is 2. The van der Waals surface area contributed by atoms with Gasteiger partial charge in [0.05, 0.1) is 0 Å². The van der Waals surface area contributed by atoms with Gasteiger partial charge in [-0.3, -0.25) is 9.88 Å². The number of hydrogen-bond acceptors (Lipinski definition) is 5. The topological polar surface area (TPSA) is 41.5 Å². The van der Waals surface area contributed by atoms with Crippen LogP contribution in [0.3, 0.4) is 0 Å². The summed E-state index contributed by atoms with van der Waals surface area (Å²) in [6.45, 7) is 5.43. The first-order valence-corrected chi connectivity index (χ1v) is 10.3. The second kappa shape index (κ2) is 9.17. The van der Waals surface area contributed by atoms with Gasteiger partial charge in [-0.1, -0.05) is 40.2 Å². The van der Waals surface area contributed by atoms with Gasteiger partial charge in [0.15, 0.2) is 0 Å². The van der Waals surface area contributed by atoms with Gasteiger partial charge in [-0.05, 0) is 35.4 Å². The highest BCUT2D eigenvalue weighted by atomic mass is 79.9. The molecular weight excluding hydrogens is 416 g/mol. The van der Waals surface area contributed by atoms with Crippen molar-refractivity contribution < 1.29 is 4.74 Å². The lowest BCUT2D eigenvalue weighted by Crippen LogP contribution is -2.46. The van der Waals surface area contributed by atoms with E-state index in [1.807, 2.05) is 24.3 Å². The minimum Gasteiger partial charge on any atom is -0.473 e. The Morgan fingerprint density at radius 1 is 0.893 bits per heavy atom. The maximum absolute atomic E-state index is 5.86. The Labute approximate surface area is 174 Å². The molecule has 1 aromatic carbocycles. The van der Waals surface area contributed by atoms with Crippen molar-refractivity contribution >= 4 is 21.7 Å². The Kier molecular flexibility index (Phi) is 6.19. The third-order valence-electron chi connectivity index (χ3n) is 4.89. The van der Waals surface area contributed by atoms with Crippen LogP contribution < -0.4 is 9.64 Å². The van der Waals surface area contributed by atoms with Crippen LogP contribution >= 0.6 is 15.9 Å². The first-order chi connectivity index (χ1) is 13.8. The summed E-state index contributed by atoms with van der Waals surface area (Å²) in [4.78, 5) is 13.5. The first kappa shape index (κ1) is 18.9. The molecule has 1 fully saturated rings. The highest BCUT2D eigenvalue weighted by molar-refractivity contribution is 9.10. The lowest BCUT2D eigenvalue weighted by atomic mass is 10.2. The number of hydrogen-bond donors (Lipinski definition) is 0. The Morgan fingerprint density at radius 2 is 1.68 bits per heavy atom. The van der Waals surface area contributed by atoms with Gasteiger partial charge in [0.2, 0.25) is 5.88 Å². The monoisotopic (exact) mass is 438 g/mol. The summed E-state index contributed by atoms with van der Waals surface area (Å²) in [5, 5.41) is 0. The normalized spacial score (nSPS) is 14.8. The average molecular weight is 439 g/mol. The number of piperazine rings is 1. The van der Waals surface area contributed by atoms with Crippen molar-refractivity contribution in [2.75, 3.05) is 31.1 Å². The number of ether oxygens (including phenoxy) is 1. The summed E-state index contributed by atoms with van der Waals surface area (Å²) < 4.78 is 7.03. The number of pyridine rings is 2.